The van der Waals surface area contributed by atoms with Gasteiger partial charge in [0.2, 0.25) is 0 Å². The van der Waals surface area contributed by atoms with Crippen molar-refractivity contribution in [3.8, 4) is 5.75 Å². The summed E-state index contributed by atoms with van der Waals surface area (Å²) in [6, 6.07) is 11.5. The first kappa shape index (κ1) is 20.5. The first-order valence-corrected chi connectivity index (χ1v) is 9.49. The molecule has 0 radical (unpaired) electrons. The summed E-state index contributed by atoms with van der Waals surface area (Å²) >= 11 is 0. The van der Waals surface area contributed by atoms with E-state index < -0.39 is 35.6 Å². The van der Waals surface area contributed by atoms with Crippen LogP contribution in [0.3, 0.4) is 0 Å². The summed E-state index contributed by atoms with van der Waals surface area (Å²) in [5.41, 5.74) is -0.511. The molecule has 0 aromatic heterocycles. The van der Waals surface area contributed by atoms with Crippen molar-refractivity contribution in [1.29, 1.82) is 0 Å². The molecule has 1 heterocycles. The number of carbonyl (C=O) groups excluding carboxylic acids is 3. The van der Waals surface area contributed by atoms with Crippen LogP contribution in [-0.4, -0.2) is 36.3 Å². The molecule has 3 amide bonds. The molecular weight excluding hydrogens is 375 g/mol. The maximum absolute atomic E-state index is 13.4. The average molecular weight is 398 g/mol. The van der Waals surface area contributed by atoms with Crippen LogP contribution in [0.15, 0.2) is 48.5 Å². The summed E-state index contributed by atoms with van der Waals surface area (Å²) in [6.45, 7) is 1.57. The second kappa shape index (κ2) is 8.43. The Morgan fingerprint density at radius 2 is 1.83 bits per heavy atom. The number of unbranched alkanes of at least 4 members (excludes halogenated alkanes) is 1. The standard InChI is InChI=1S/C22H23FN2O4/c1-3-4-13-22(15-9-11-16(23)12-10-15)20(27)25(21(28)24-22)14-18(26)17-7-5-6-8-19(17)29-2/h5-12H,3-4,13-14H2,1-2H3,(H,24,28). The smallest absolute Gasteiger partial charge is 0.325 e. The highest BCUT2D eigenvalue weighted by Crippen LogP contribution is 2.34. The Balaban J connectivity index is 1.91. The molecule has 0 bridgehead atoms. The van der Waals surface area contributed by atoms with E-state index in [1.165, 1.54) is 31.4 Å². The number of amides is 3. The second-order valence-corrected chi connectivity index (χ2v) is 6.96. The lowest BCUT2D eigenvalue weighted by Gasteiger charge is -2.27. The Kier molecular flexibility index (Phi) is 5.96. The van der Waals surface area contributed by atoms with Crippen LogP contribution in [0, 0.1) is 5.82 Å². The number of ether oxygens (including phenoxy) is 1. The van der Waals surface area contributed by atoms with Crippen LogP contribution in [0.25, 0.3) is 0 Å². The highest BCUT2D eigenvalue weighted by molar-refractivity contribution is 6.11. The molecule has 0 aliphatic carbocycles. The van der Waals surface area contributed by atoms with Crippen molar-refractivity contribution in [3.63, 3.8) is 0 Å². The predicted octanol–water partition coefficient (Wildman–Crippen LogP) is 3.65. The van der Waals surface area contributed by atoms with E-state index >= 15 is 0 Å². The summed E-state index contributed by atoms with van der Waals surface area (Å²) < 4.78 is 18.6. The zero-order chi connectivity index (χ0) is 21.0. The average Bonchev–Trinajstić information content (AvgIpc) is 2.97. The Bertz CT molecular complexity index is 929. The number of ketones is 1. The topological polar surface area (TPSA) is 75.7 Å². The largest absolute Gasteiger partial charge is 0.496 e. The number of rotatable bonds is 8. The van der Waals surface area contributed by atoms with Gasteiger partial charge in [0.25, 0.3) is 5.91 Å². The minimum atomic E-state index is -1.30. The maximum Gasteiger partial charge on any atom is 0.325 e. The van der Waals surface area contributed by atoms with Gasteiger partial charge in [-0.25, -0.2) is 9.18 Å². The van der Waals surface area contributed by atoms with Gasteiger partial charge in [-0.05, 0) is 36.2 Å². The number of carbonyl (C=O) groups is 3. The maximum atomic E-state index is 13.4. The third kappa shape index (κ3) is 3.85. The number of methoxy groups -OCH3 is 1. The van der Waals surface area contributed by atoms with Gasteiger partial charge in [-0.15, -0.1) is 0 Å². The van der Waals surface area contributed by atoms with Crippen molar-refractivity contribution < 1.29 is 23.5 Å². The second-order valence-electron chi connectivity index (χ2n) is 6.96. The van der Waals surface area contributed by atoms with Crippen molar-refractivity contribution in [2.45, 2.75) is 31.7 Å². The minimum Gasteiger partial charge on any atom is -0.496 e. The number of imide groups is 1. The molecule has 1 saturated heterocycles. The molecule has 1 fully saturated rings. The zero-order valence-corrected chi connectivity index (χ0v) is 16.4. The molecule has 2 aromatic carbocycles. The lowest BCUT2D eigenvalue weighted by molar-refractivity contribution is -0.131. The SMILES string of the molecule is CCCCC1(c2ccc(F)cc2)NC(=O)N(CC(=O)c2ccccc2OC)C1=O. The van der Waals surface area contributed by atoms with Gasteiger partial charge in [-0.3, -0.25) is 14.5 Å². The fourth-order valence-electron chi connectivity index (χ4n) is 3.56. The Hall–Kier alpha value is -3.22. The van der Waals surface area contributed by atoms with E-state index in [1.54, 1.807) is 24.3 Å². The van der Waals surface area contributed by atoms with Gasteiger partial charge in [-0.1, -0.05) is 44.0 Å². The molecule has 1 aliphatic rings. The van der Waals surface area contributed by atoms with Gasteiger partial charge < -0.3 is 10.1 Å². The molecule has 0 saturated carbocycles. The van der Waals surface area contributed by atoms with Crippen molar-refractivity contribution >= 4 is 17.7 Å². The van der Waals surface area contributed by atoms with Crippen LogP contribution >= 0.6 is 0 Å². The van der Waals surface area contributed by atoms with Crippen LogP contribution in [-0.2, 0) is 10.3 Å². The lowest BCUT2D eigenvalue weighted by atomic mass is 9.84. The van der Waals surface area contributed by atoms with Crippen LogP contribution in [0.2, 0.25) is 0 Å². The zero-order valence-electron chi connectivity index (χ0n) is 16.4. The molecule has 6 nitrogen and oxygen atoms in total. The van der Waals surface area contributed by atoms with Gasteiger partial charge in [-0.2, -0.15) is 0 Å². The number of nitrogens with zero attached hydrogens (tertiary/aromatic N) is 1. The van der Waals surface area contributed by atoms with Crippen LogP contribution < -0.4 is 10.1 Å². The number of halogens is 1. The van der Waals surface area contributed by atoms with Gasteiger partial charge in [0.05, 0.1) is 19.2 Å². The lowest BCUT2D eigenvalue weighted by Crippen LogP contribution is -2.44. The number of urea groups is 1. The number of benzene rings is 2. The van der Waals surface area contributed by atoms with Gasteiger partial charge >= 0.3 is 6.03 Å². The molecule has 3 rings (SSSR count). The van der Waals surface area contributed by atoms with E-state index in [0.717, 1.165) is 11.3 Å². The summed E-state index contributed by atoms with van der Waals surface area (Å²) in [5.74, 6) is -0.971. The third-order valence-corrected chi connectivity index (χ3v) is 5.13. The van der Waals surface area contributed by atoms with Crippen LogP contribution in [0.1, 0.15) is 42.1 Å². The monoisotopic (exact) mass is 398 g/mol. The number of Topliss-reactive ketones (excluding diaryl/α,β-unsaturated/α-hetero) is 1. The normalized spacial score (nSPS) is 18.7. The van der Waals surface area contributed by atoms with Gasteiger partial charge in [0, 0.05) is 0 Å². The number of hydrogen-bond donors (Lipinski definition) is 1. The minimum absolute atomic E-state index is 0.295. The van der Waals surface area contributed by atoms with Crippen molar-refractivity contribution in [1.82, 2.24) is 10.2 Å². The van der Waals surface area contributed by atoms with Crippen LogP contribution in [0.5, 0.6) is 5.75 Å². The van der Waals surface area contributed by atoms with E-state index in [4.69, 9.17) is 4.74 Å². The molecule has 1 aliphatic heterocycles. The van der Waals surface area contributed by atoms with Crippen molar-refractivity contribution in [2.24, 2.45) is 0 Å². The molecule has 2 aromatic rings. The van der Waals surface area contributed by atoms with Crippen molar-refractivity contribution in [3.05, 3.63) is 65.5 Å². The Morgan fingerprint density at radius 3 is 2.48 bits per heavy atom. The first-order valence-electron chi connectivity index (χ1n) is 9.49. The molecule has 1 unspecified atom stereocenters. The van der Waals surface area contributed by atoms with Crippen molar-refractivity contribution in [2.75, 3.05) is 13.7 Å². The van der Waals surface area contributed by atoms with E-state index in [1.807, 2.05) is 6.92 Å². The van der Waals surface area contributed by atoms with Gasteiger partial charge in [0.15, 0.2) is 5.78 Å². The molecule has 7 heteroatoms. The molecular formula is C22H23FN2O4. The summed E-state index contributed by atoms with van der Waals surface area (Å²) in [4.78, 5) is 39.7. The summed E-state index contributed by atoms with van der Waals surface area (Å²) in [6.07, 6.45) is 1.85. The fourth-order valence-corrected chi connectivity index (χ4v) is 3.56. The number of nitrogens with one attached hydrogen (secondary N) is 1. The van der Waals surface area contributed by atoms with E-state index in [-0.39, 0.29) is 0 Å². The quantitative estimate of drug-likeness (QED) is 0.544. The van der Waals surface area contributed by atoms with E-state index in [0.29, 0.717) is 29.7 Å². The molecule has 1 N–H and O–H groups in total. The summed E-state index contributed by atoms with van der Waals surface area (Å²) in [5, 5.41) is 2.75. The highest BCUT2D eigenvalue weighted by atomic mass is 19.1. The Labute approximate surface area is 168 Å². The third-order valence-electron chi connectivity index (χ3n) is 5.13. The molecule has 29 heavy (non-hydrogen) atoms. The summed E-state index contributed by atoms with van der Waals surface area (Å²) in [7, 11) is 1.45. The van der Waals surface area contributed by atoms with E-state index in [2.05, 4.69) is 5.32 Å². The fraction of sp³-hybridized carbons (Fsp3) is 0.318. The Morgan fingerprint density at radius 1 is 1.14 bits per heavy atom. The number of hydrogen-bond acceptors (Lipinski definition) is 4. The first-order chi connectivity index (χ1) is 13.9. The molecule has 152 valence electrons. The number of para-hydroxylation sites is 1. The van der Waals surface area contributed by atoms with Gasteiger partial charge in [0.1, 0.15) is 17.1 Å². The highest BCUT2D eigenvalue weighted by Gasteiger charge is 2.52. The molecule has 0 spiro atoms. The van der Waals surface area contributed by atoms with E-state index in [9.17, 15) is 18.8 Å². The predicted molar refractivity (Wildman–Crippen MR) is 105 cm³/mol. The molecule has 1 atom stereocenters. The van der Waals surface area contributed by atoms with Crippen LogP contribution in [0.4, 0.5) is 9.18 Å².